The number of hydrogen-bond donors (Lipinski definition) is 1. The van der Waals surface area contributed by atoms with E-state index in [0.717, 1.165) is 25.7 Å². The maximum Gasteiger partial charge on any atom is 0.0555 e. The van der Waals surface area contributed by atoms with Crippen molar-refractivity contribution >= 4 is 23.9 Å². The van der Waals surface area contributed by atoms with Crippen LogP contribution in [-0.4, -0.2) is 128 Å². The highest BCUT2D eigenvalue weighted by Gasteiger charge is 2.28. The Bertz CT molecular complexity index is 746. The van der Waals surface area contributed by atoms with Crippen molar-refractivity contribution in [3.63, 3.8) is 0 Å². The second kappa shape index (κ2) is 15.1. The molecule has 1 heterocycles. The Labute approximate surface area is 211 Å². The van der Waals surface area contributed by atoms with Crippen LogP contribution in [0, 0.1) is 5.92 Å². The molecule has 13 nitrogen and oxygen atoms in total. The first-order valence-corrected chi connectivity index (χ1v) is 12.5. The van der Waals surface area contributed by atoms with E-state index >= 15 is 0 Å². The topological polar surface area (TPSA) is 200 Å². The van der Waals surface area contributed by atoms with Crippen molar-refractivity contribution < 1.29 is 39.6 Å². The van der Waals surface area contributed by atoms with E-state index in [-0.39, 0.29) is 90.0 Å². The molecule has 2 aliphatic rings. The SMILES string of the molecule is NC1CCC(CC2CN(CC(=O)[O-])CCN(CC(=O)[O-])CCN(CC(=O)[O-])CCN2CC(=O)[O-])CC1. The molecule has 1 unspecified atom stereocenters. The molecule has 0 aromatic carbocycles. The fourth-order valence-electron chi connectivity index (χ4n) is 5.16. The number of carbonyl (C=O) groups excluding carboxylic acids is 4. The summed E-state index contributed by atoms with van der Waals surface area (Å²) in [5, 5.41) is 45.6. The van der Waals surface area contributed by atoms with Crippen molar-refractivity contribution in [2.24, 2.45) is 11.7 Å². The van der Waals surface area contributed by atoms with E-state index in [1.54, 1.807) is 19.6 Å². The molecule has 0 aromatic heterocycles. The normalized spacial score (nSPS) is 26.5. The van der Waals surface area contributed by atoms with Crippen LogP contribution in [0.25, 0.3) is 0 Å². The van der Waals surface area contributed by atoms with Crippen LogP contribution in [0.1, 0.15) is 32.1 Å². The van der Waals surface area contributed by atoms with E-state index in [9.17, 15) is 39.6 Å². The Hall–Kier alpha value is -2.32. The van der Waals surface area contributed by atoms with E-state index in [2.05, 4.69) is 0 Å². The first-order valence-electron chi connectivity index (χ1n) is 12.5. The lowest BCUT2D eigenvalue weighted by molar-refractivity contribution is -0.309. The molecule has 36 heavy (non-hydrogen) atoms. The van der Waals surface area contributed by atoms with Crippen LogP contribution in [0.5, 0.6) is 0 Å². The number of nitrogens with two attached hydrogens (primary N) is 1. The fraction of sp³-hybridized carbons (Fsp3) is 0.826. The van der Waals surface area contributed by atoms with Gasteiger partial charge in [0, 0.05) is 84.1 Å². The van der Waals surface area contributed by atoms with Crippen molar-refractivity contribution in [2.75, 3.05) is 72.0 Å². The second-order valence-electron chi connectivity index (χ2n) is 9.92. The first kappa shape index (κ1) is 29.9. The molecule has 0 amide bonds. The Balaban J connectivity index is 2.31. The molecule has 1 saturated heterocycles. The van der Waals surface area contributed by atoms with Crippen LogP contribution in [0.15, 0.2) is 0 Å². The zero-order valence-electron chi connectivity index (χ0n) is 20.7. The molecule has 1 aliphatic carbocycles. The van der Waals surface area contributed by atoms with Gasteiger partial charge in [-0.1, -0.05) is 0 Å². The van der Waals surface area contributed by atoms with Crippen LogP contribution in [0.2, 0.25) is 0 Å². The third kappa shape index (κ3) is 11.6. The summed E-state index contributed by atoms with van der Waals surface area (Å²) in [6.07, 6.45) is 4.10. The molecule has 1 atom stereocenters. The summed E-state index contributed by atoms with van der Waals surface area (Å²) in [5.41, 5.74) is 6.03. The Kier molecular flexibility index (Phi) is 12.5. The Morgan fingerprint density at radius 2 is 1.03 bits per heavy atom. The van der Waals surface area contributed by atoms with Crippen molar-refractivity contribution in [1.29, 1.82) is 0 Å². The molecule has 1 aliphatic heterocycles. The summed E-state index contributed by atoms with van der Waals surface area (Å²) in [4.78, 5) is 52.1. The fourth-order valence-corrected chi connectivity index (χ4v) is 5.16. The van der Waals surface area contributed by atoms with Gasteiger partial charge < -0.3 is 45.3 Å². The van der Waals surface area contributed by atoms with Gasteiger partial charge in [0.15, 0.2) is 0 Å². The van der Waals surface area contributed by atoms with Crippen LogP contribution in [0.4, 0.5) is 0 Å². The van der Waals surface area contributed by atoms with E-state index in [1.165, 1.54) is 0 Å². The smallest absolute Gasteiger partial charge is 0.0555 e. The third-order valence-electron chi connectivity index (χ3n) is 7.04. The van der Waals surface area contributed by atoms with Crippen LogP contribution < -0.4 is 26.2 Å². The monoisotopic (exact) mass is 511 g/mol. The number of rotatable bonds is 10. The molecule has 1 saturated carbocycles. The van der Waals surface area contributed by atoms with Gasteiger partial charge in [0.2, 0.25) is 0 Å². The predicted molar refractivity (Wildman–Crippen MR) is 119 cm³/mol. The zero-order valence-corrected chi connectivity index (χ0v) is 20.7. The van der Waals surface area contributed by atoms with Gasteiger partial charge in [-0.25, -0.2) is 0 Å². The largest absolute Gasteiger partial charge is 0.549 e. The van der Waals surface area contributed by atoms with E-state index in [1.807, 2.05) is 0 Å². The van der Waals surface area contributed by atoms with E-state index < -0.39 is 23.9 Å². The van der Waals surface area contributed by atoms with Gasteiger partial charge in [0.1, 0.15) is 0 Å². The van der Waals surface area contributed by atoms with Gasteiger partial charge in [-0.3, -0.25) is 19.6 Å². The molecule has 0 radical (unpaired) electrons. The summed E-state index contributed by atoms with van der Waals surface area (Å²) in [6.45, 7) is -0.111. The molecule has 13 heteroatoms. The summed E-state index contributed by atoms with van der Waals surface area (Å²) in [7, 11) is 0. The van der Waals surface area contributed by atoms with Gasteiger partial charge in [0.05, 0.1) is 23.9 Å². The number of carbonyl (C=O) groups is 4. The minimum absolute atomic E-state index is 0.138. The second-order valence-corrected chi connectivity index (χ2v) is 9.92. The molecular formula is C23H37N5O8-4. The molecule has 0 aromatic rings. The van der Waals surface area contributed by atoms with Crippen LogP contribution in [0.3, 0.4) is 0 Å². The van der Waals surface area contributed by atoms with Crippen molar-refractivity contribution in [2.45, 2.75) is 44.2 Å². The number of carboxylic acid groups (broad SMARTS) is 4. The molecule has 0 bridgehead atoms. The summed E-state index contributed by atoms with van der Waals surface area (Å²) in [5.74, 6) is -4.88. The maximum absolute atomic E-state index is 11.6. The molecule has 2 rings (SSSR count). The Morgan fingerprint density at radius 1 is 0.611 bits per heavy atom. The minimum Gasteiger partial charge on any atom is -0.549 e. The highest BCUT2D eigenvalue weighted by Crippen LogP contribution is 2.28. The number of carboxylic acids is 4. The number of nitrogens with zero attached hydrogens (tertiary/aromatic N) is 4. The van der Waals surface area contributed by atoms with Crippen molar-refractivity contribution in [1.82, 2.24) is 19.6 Å². The Morgan fingerprint density at radius 3 is 1.50 bits per heavy atom. The quantitative estimate of drug-likeness (QED) is 0.290. The summed E-state index contributed by atoms with van der Waals surface area (Å²) in [6, 6.07) is -0.209. The summed E-state index contributed by atoms with van der Waals surface area (Å²) < 4.78 is 0. The van der Waals surface area contributed by atoms with Gasteiger partial charge in [-0.2, -0.15) is 0 Å². The minimum atomic E-state index is -1.30. The third-order valence-corrected chi connectivity index (χ3v) is 7.04. The molecule has 0 spiro atoms. The maximum atomic E-state index is 11.6. The van der Waals surface area contributed by atoms with Crippen LogP contribution >= 0.6 is 0 Å². The molecule has 206 valence electrons. The van der Waals surface area contributed by atoms with E-state index in [4.69, 9.17) is 5.73 Å². The number of hydrogen-bond acceptors (Lipinski definition) is 13. The average Bonchev–Trinajstić information content (AvgIpc) is 2.76. The van der Waals surface area contributed by atoms with E-state index in [0.29, 0.717) is 6.42 Å². The highest BCUT2D eigenvalue weighted by atomic mass is 16.4. The summed E-state index contributed by atoms with van der Waals surface area (Å²) >= 11 is 0. The number of aliphatic carboxylic acids is 4. The first-order chi connectivity index (χ1) is 17.0. The predicted octanol–water partition coefficient (Wildman–Crippen LogP) is -6.52. The lowest BCUT2D eigenvalue weighted by Crippen LogP contribution is -2.55. The lowest BCUT2D eigenvalue weighted by atomic mass is 9.82. The van der Waals surface area contributed by atoms with Crippen molar-refractivity contribution in [3.8, 4) is 0 Å². The van der Waals surface area contributed by atoms with Gasteiger partial charge in [-0.05, 0) is 38.0 Å². The zero-order chi connectivity index (χ0) is 26.7. The van der Waals surface area contributed by atoms with Crippen molar-refractivity contribution in [3.05, 3.63) is 0 Å². The molecule has 2 fully saturated rings. The molecule has 2 N–H and O–H groups in total. The molecular weight excluding hydrogens is 474 g/mol. The highest BCUT2D eigenvalue weighted by molar-refractivity contribution is 5.68. The average molecular weight is 512 g/mol. The van der Waals surface area contributed by atoms with Gasteiger partial charge >= 0.3 is 0 Å². The van der Waals surface area contributed by atoms with Gasteiger partial charge in [0.25, 0.3) is 0 Å². The van der Waals surface area contributed by atoms with Gasteiger partial charge in [-0.15, -0.1) is 0 Å². The standard InChI is InChI=1S/C23H41N5O8/c24-18-3-1-17(2-4-18)11-19-12-27(15-22(33)34)8-7-25(13-20(29)30)5-6-26(14-21(31)32)9-10-28(19)16-23(35)36/h17-19H,1-16,24H2,(H,29,30)(H,31,32)(H,33,34)(H,35,36)/p-4. The lowest BCUT2D eigenvalue weighted by Gasteiger charge is -2.41. The van der Waals surface area contributed by atoms with Crippen LogP contribution in [-0.2, 0) is 19.2 Å².